The fourth-order valence-electron chi connectivity index (χ4n) is 10.1. The molecule has 0 saturated carbocycles. The van der Waals surface area contributed by atoms with Crippen molar-refractivity contribution in [1.29, 1.82) is 0 Å². The molecule has 0 aromatic heterocycles. The van der Waals surface area contributed by atoms with E-state index >= 15 is 0 Å². The fraction of sp³-hybridized carbons (Fsp3) is 0.940. The highest BCUT2D eigenvalue weighted by molar-refractivity contribution is 7.47. The molecular weight excluding hydrogens is 1140 g/mol. The van der Waals surface area contributed by atoms with E-state index in [4.69, 9.17) is 37.0 Å². The SMILES string of the molecule is CCCCCCCCCCCCCCCC(=O)OC[C@H](COP(=O)(O)OC[C@@H](O)COP(=O)(O)OC[C@@H](COC(=O)CCCCCCCCCC)OC(=O)CCCCCCCCCCC(C)CC)OC(=O)CCCCCCCCCCCCCCC. The molecule has 19 heteroatoms. The third-order valence-electron chi connectivity index (χ3n) is 15.9. The maximum Gasteiger partial charge on any atom is 0.472 e. The second kappa shape index (κ2) is 60.6. The van der Waals surface area contributed by atoms with Crippen molar-refractivity contribution in [3.8, 4) is 0 Å². The molecule has 6 atom stereocenters. The molecule has 0 radical (unpaired) electrons. The molecule has 0 saturated heterocycles. The molecule has 17 nitrogen and oxygen atoms in total. The molecule has 510 valence electrons. The second-order valence-corrected chi connectivity index (χ2v) is 27.4. The zero-order valence-electron chi connectivity index (χ0n) is 55.4. The summed E-state index contributed by atoms with van der Waals surface area (Å²) in [5.41, 5.74) is 0. The number of rotatable bonds is 67. The Balaban J connectivity index is 5.23. The largest absolute Gasteiger partial charge is 0.472 e. The Bertz CT molecular complexity index is 1670. The molecule has 0 aromatic carbocycles. The first kappa shape index (κ1) is 84.1. The van der Waals surface area contributed by atoms with Gasteiger partial charge in [0.25, 0.3) is 0 Å². The Morgan fingerprint density at radius 1 is 0.326 bits per heavy atom. The van der Waals surface area contributed by atoms with Gasteiger partial charge in [0.1, 0.15) is 19.3 Å². The van der Waals surface area contributed by atoms with Crippen molar-refractivity contribution in [2.24, 2.45) is 5.92 Å². The van der Waals surface area contributed by atoms with E-state index in [0.717, 1.165) is 102 Å². The Morgan fingerprint density at radius 3 is 0.826 bits per heavy atom. The number of unbranched alkanes of at least 4 members (excludes halogenated alkanes) is 38. The van der Waals surface area contributed by atoms with Crippen LogP contribution in [0.1, 0.15) is 343 Å². The first-order chi connectivity index (χ1) is 41.6. The summed E-state index contributed by atoms with van der Waals surface area (Å²) in [4.78, 5) is 72.3. The molecule has 0 spiro atoms. The molecular formula is C67H130O17P2. The summed E-state index contributed by atoms with van der Waals surface area (Å²) in [5, 5.41) is 10.6. The highest BCUT2D eigenvalue weighted by Gasteiger charge is 2.30. The molecule has 0 heterocycles. The number of hydrogen-bond acceptors (Lipinski definition) is 15. The number of carbonyl (C=O) groups is 4. The topological polar surface area (TPSA) is 237 Å². The molecule has 0 aromatic rings. The highest BCUT2D eigenvalue weighted by atomic mass is 31.2. The third kappa shape index (κ3) is 59.7. The summed E-state index contributed by atoms with van der Waals surface area (Å²) in [6.45, 7) is 7.20. The molecule has 0 aliphatic heterocycles. The van der Waals surface area contributed by atoms with Crippen LogP contribution in [0.4, 0.5) is 0 Å². The third-order valence-corrected chi connectivity index (χ3v) is 17.8. The number of aliphatic hydroxyl groups is 1. The van der Waals surface area contributed by atoms with Crippen molar-refractivity contribution in [3.05, 3.63) is 0 Å². The van der Waals surface area contributed by atoms with Gasteiger partial charge in [-0.25, -0.2) is 9.13 Å². The predicted molar refractivity (Wildman–Crippen MR) is 345 cm³/mol. The number of ether oxygens (including phenoxy) is 4. The number of aliphatic hydroxyl groups excluding tert-OH is 1. The lowest BCUT2D eigenvalue weighted by Gasteiger charge is -2.21. The van der Waals surface area contributed by atoms with Gasteiger partial charge in [-0.2, -0.15) is 0 Å². The number of phosphoric acid groups is 2. The van der Waals surface area contributed by atoms with Crippen LogP contribution in [0.25, 0.3) is 0 Å². The van der Waals surface area contributed by atoms with E-state index in [1.165, 1.54) is 161 Å². The molecule has 0 bridgehead atoms. The molecule has 3 unspecified atom stereocenters. The van der Waals surface area contributed by atoms with Gasteiger partial charge in [0.05, 0.1) is 26.4 Å². The van der Waals surface area contributed by atoms with Crippen molar-refractivity contribution >= 4 is 39.5 Å². The van der Waals surface area contributed by atoms with Crippen LogP contribution in [0.15, 0.2) is 0 Å². The van der Waals surface area contributed by atoms with Crippen LogP contribution < -0.4 is 0 Å². The second-order valence-electron chi connectivity index (χ2n) is 24.5. The van der Waals surface area contributed by atoms with E-state index in [-0.39, 0.29) is 25.7 Å². The van der Waals surface area contributed by atoms with Gasteiger partial charge in [-0.1, -0.05) is 291 Å². The van der Waals surface area contributed by atoms with Gasteiger partial charge in [-0.3, -0.25) is 37.3 Å². The summed E-state index contributed by atoms with van der Waals surface area (Å²) in [5.74, 6) is -1.36. The normalized spacial score (nSPS) is 14.5. The average molecular weight is 1270 g/mol. The quantitative estimate of drug-likeness (QED) is 0.0222. The van der Waals surface area contributed by atoms with Crippen LogP contribution in [0.3, 0.4) is 0 Å². The van der Waals surface area contributed by atoms with Crippen molar-refractivity contribution in [1.82, 2.24) is 0 Å². The van der Waals surface area contributed by atoms with Gasteiger partial charge in [0.2, 0.25) is 0 Å². The maximum atomic E-state index is 13.0. The number of hydrogen-bond donors (Lipinski definition) is 3. The van der Waals surface area contributed by atoms with Gasteiger partial charge < -0.3 is 33.8 Å². The smallest absolute Gasteiger partial charge is 0.462 e. The minimum atomic E-state index is -4.95. The lowest BCUT2D eigenvalue weighted by atomic mass is 9.99. The Labute approximate surface area is 524 Å². The zero-order chi connectivity index (χ0) is 63.5. The Morgan fingerprint density at radius 2 is 0.558 bits per heavy atom. The predicted octanol–water partition coefficient (Wildman–Crippen LogP) is 19.0. The first-order valence-corrected chi connectivity index (χ1v) is 38.2. The summed E-state index contributed by atoms with van der Waals surface area (Å²) < 4.78 is 68.1. The summed E-state index contributed by atoms with van der Waals surface area (Å²) in [6.07, 6.45) is 45.7. The van der Waals surface area contributed by atoms with Crippen LogP contribution in [0.5, 0.6) is 0 Å². The number of esters is 4. The van der Waals surface area contributed by atoms with Crippen molar-refractivity contribution in [3.63, 3.8) is 0 Å². The van der Waals surface area contributed by atoms with Crippen molar-refractivity contribution in [2.75, 3.05) is 39.6 Å². The molecule has 0 rings (SSSR count). The van der Waals surface area contributed by atoms with Gasteiger partial charge >= 0.3 is 39.5 Å². The first-order valence-electron chi connectivity index (χ1n) is 35.2. The van der Waals surface area contributed by atoms with E-state index in [9.17, 15) is 43.2 Å². The fourth-order valence-corrected chi connectivity index (χ4v) is 11.7. The number of carbonyl (C=O) groups excluding carboxylic acids is 4. The monoisotopic (exact) mass is 1270 g/mol. The molecule has 3 N–H and O–H groups in total. The van der Waals surface area contributed by atoms with E-state index in [1.807, 2.05) is 0 Å². The van der Waals surface area contributed by atoms with Crippen molar-refractivity contribution < 1.29 is 80.2 Å². The van der Waals surface area contributed by atoms with Crippen LogP contribution in [-0.2, 0) is 65.4 Å². The van der Waals surface area contributed by atoms with E-state index in [2.05, 4.69) is 34.6 Å². The van der Waals surface area contributed by atoms with Gasteiger partial charge in [0, 0.05) is 25.7 Å². The average Bonchev–Trinajstić information content (AvgIpc) is 3.66. The Kier molecular flexibility index (Phi) is 59.2. The summed E-state index contributed by atoms with van der Waals surface area (Å²) in [7, 11) is -9.89. The van der Waals surface area contributed by atoms with Gasteiger partial charge in [0.15, 0.2) is 12.2 Å². The Hall–Kier alpha value is -1.94. The standard InChI is InChI=1S/C67H130O17P2/c1-6-10-13-16-19-22-24-26-28-30-36-41-46-51-65(70)78-57-63(83-66(71)52-47-42-37-31-29-27-25-23-20-17-14-11-7-2)59-82-86(75,76)80-55-61(68)54-79-85(73,74)81-58-62(56-77-64(69)50-45-40-35-21-18-15-12-8-3)84-67(72)53-48-43-38-33-32-34-39-44-49-60(5)9-4/h60-63,68H,6-59H2,1-5H3,(H,73,74)(H,75,76)/t60?,61-,62+,63+/m0/s1. The van der Waals surface area contributed by atoms with E-state index in [0.29, 0.717) is 25.7 Å². The molecule has 0 fully saturated rings. The molecule has 86 heavy (non-hydrogen) atoms. The van der Waals surface area contributed by atoms with Gasteiger partial charge in [-0.15, -0.1) is 0 Å². The minimum absolute atomic E-state index is 0.105. The van der Waals surface area contributed by atoms with Gasteiger partial charge in [-0.05, 0) is 31.6 Å². The molecule has 0 amide bonds. The van der Waals surface area contributed by atoms with Crippen LogP contribution in [-0.4, -0.2) is 96.7 Å². The number of phosphoric ester groups is 2. The van der Waals surface area contributed by atoms with E-state index < -0.39 is 97.5 Å². The lowest BCUT2D eigenvalue weighted by Crippen LogP contribution is -2.30. The highest BCUT2D eigenvalue weighted by Crippen LogP contribution is 2.45. The van der Waals surface area contributed by atoms with Crippen molar-refractivity contribution in [2.45, 2.75) is 361 Å². The van der Waals surface area contributed by atoms with E-state index in [1.54, 1.807) is 0 Å². The van der Waals surface area contributed by atoms with Crippen LogP contribution in [0.2, 0.25) is 0 Å². The summed E-state index contributed by atoms with van der Waals surface area (Å²) in [6, 6.07) is 0. The van der Waals surface area contributed by atoms with Crippen LogP contribution in [0, 0.1) is 5.92 Å². The van der Waals surface area contributed by atoms with Crippen LogP contribution >= 0.6 is 15.6 Å². The molecule has 0 aliphatic rings. The zero-order valence-corrected chi connectivity index (χ0v) is 57.2. The lowest BCUT2D eigenvalue weighted by molar-refractivity contribution is -0.161. The summed E-state index contributed by atoms with van der Waals surface area (Å²) >= 11 is 0. The molecule has 0 aliphatic carbocycles. The maximum absolute atomic E-state index is 13.0. The minimum Gasteiger partial charge on any atom is -0.462 e.